The van der Waals surface area contributed by atoms with Crippen LogP contribution in [0.25, 0.3) is 0 Å². The lowest BCUT2D eigenvalue weighted by Crippen LogP contribution is -2.33. The number of hydrogen-bond donors (Lipinski definition) is 2. The van der Waals surface area contributed by atoms with Gasteiger partial charge in [-0.05, 0) is 30.5 Å². The van der Waals surface area contributed by atoms with E-state index in [4.69, 9.17) is 4.74 Å². The Labute approximate surface area is 104 Å². The fraction of sp³-hybridized carbons (Fsp3) is 0.571. The molecule has 1 aromatic rings. The molecular weight excluding hydrogens is 214 g/mol. The summed E-state index contributed by atoms with van der Waals surface area (Å²) in [6.45, 7) is 8.05. The first kappa shape index (κ1) is 14.0. The van der Waals surface area contributed by atoms with Crippen molar-refractivity contribution in [3.8, 4) is 5.75 Å². The highest BCUT2D eigenvalue weighted by molar-refractivity contribution is 5.27. The summed E-state index contributed by atoms with van der Waals surface area (Å²) in [4.78, 5) is 0. The molecule has 3 nitrogen and oxygen atoms in total. The van der Waals surface area contributed by atoms with Gasteiger partial charge in [0.2, 0.25) is 0 Å². The molecule has 0 amide bonds. The fourth-order valence-electron chi connectivity index (χ4n) is 1.43. The Kier molecular flexibility index (Phi) is 6.01. The van der Waals surface area contributed by atoms with E-state index in [1.807, 2.05) is 45.0 Å². The minimum atomic E-state index is -0.283. The molecule has 17 heavy (non-hydrogen) atoms. The maximum absolute atomic E-state index is 9.58. The average molecular weight is 237 g/mol. The standard InChI is InChI=1S/C14H23NO2/c1-11(2)14(16)10-15-7-8-17-13-6-4-5-12(3)9-13/h4-6,9,11,14-16H,7-8,10H2,1-3H3. The number of ether oxygens (including phenoxy) is 1. The number of benzene rings is 1. The van der Waals surface area contributed by atoms with Gasteiger partial charge in [-0.2, -0.15) is 0 Å². The van der Waals surface area contributed by atoms with Gasteiger partial charge >= 0.3 is 0 Å². The lowest BCUT2D eigenvalue weighted by atomic mass is 10.1. The Bertz CT molecular complexity index is 326. The van der Waals surface area contributed by atoms with Crippen molar-refractivity contribution in [1.82, 2.24) is 5.32 Å². The van der Waals surface area contributed by atoms with E-state index >= 15 is 0 Å². The smallest absolute Gasteiger partial charge is 0.119 e. The highest BCUT2D eigenvalue weighted by Gasteiger charge is 2.07. The third-order valence-corrected chi connectivity index (χ3v) is 2.66. The molecule has 1 unspecified atom stereocenters. The van der Waals surface area contributed by atoms with Gasteiger partial charge in [-0.3, -0.25) is 0 Å². The van der Waals surface area contributed by atoms with E-state index in [0.29, 0.717) is 19.1 Å². The van der Waals surface area contributed by atoms with E-state index in [9.17, 15) is 5.11 Å². The van der Waals surface area contributed by atoms with Crippen LogP contribution in [0.4, 0.5) is 0 Å². The summed E-state index contributed by atoms with van der Waals surface area (Å²) in [5.74, 6) is 1.19. The van der Waals surface area contributed by atoms with Crippen LogP contribution in [0.5, 0.6) is 5.75 Å². The van der Waals surface area contributed by atoms with Crippen molar-refractivity contribution < 1.29 is 9.84 Å². The maximum atomic E-state index is 9.58. The third-order valence-electron chi connectivity index (χ3n) is 2.66. The fourth-order valence-corrected chi connectivity index (χ4v) is 1.43. The zero-order chi connectivity index (χ0) is 12.7. The molecule has 0 spiro atoms. The molecule has 96 valence electrons. The summed E-state index contributed by atoms with van der Waals surface area (Å²) >= 11 is 0. The summed E-state index contributed by atoms with van der Waals surface area (Å²) in [7, 11) is 0. The van der Waals surface area contributed by atoms with Crippen LogP contribution in [0.2, 0.25) is 0 Å². The number of aliphatic hydroxyl groups excluding tert-OH is 1. The Hall–Kier alpha value is -1.06. The molecule has 0 aliphatic rings. The van der Waals surface area contributed by atoms with Crippen LogP contribution in [0.1, 0.15) is 19.4 Å². The Morgan fingerprint density at radius 2 is 2.12 bits per heavy atom. The van der Waals surface area contributed by atoms with Crippen LogP contribution in [0, 0.1) is 12.8 Å². The highest BCUT2D eigenvalue weighted by Crippen LogP contribution is 2.11. The first-order valence-electron chi connectivity index (χ1n) is 6.18. The molecule has 0 aromatic heterocycles. The molecule has 0 bridgehead atoms. The SMILES string of the molecule is Cc1cccc(OCCNCC(O)C(C)C)c1. The Morgan fingerprint density at radius 1 is 1.35 bits per heavy atom. The summed E-state index contributed by atoms with van der Waals surface area (Å²) < 4.78 is 5.58. The van der Waals surface area contributed by atoms with E-state index in [1.165, 1.54) is 5.56 Å². The predicted octanol–water partition coefficient (Wildman–Crippen LogP) is 1.98. The van der Waals surface area contributed by atoms with Crippen molar-refractivity contribution in [1.29, 1.82) is 0 Å². The van der Waals surface area contributed by atoms with Gasteiger partial charge in [0.05, 0.1) is 6.10 Å². The first-order chi connectivity index (χ1) is 8.09. The number of rotatable bonds is 7. The predicted molar refractivity (Wildman–Crippen MR) is 70.4 cm³/mol. The molecule has 1 rings (SSSR count). The van der Waals surface area contributed by atoms with Crippen LogP contribution in [-0.2, 0) is 0 Å². The topological polar surface area (TPSA) is 41.5 Å². The molecule has 0 saturated heterocycles. The normalized spacial score (nSPS) is 12.8. The number of aryl methyl sites for hydroxylation is 1. The van der Waals surface area contributed by atoms with Gasteiger partial charge in [-0.1, -0.05) is 26.0 Å². The van der Waals surface area contributed by atoms with Gasteiger partial charge in [-0.25, -0.2) is 0 Å². The minimum absolute atomic E-state index is 0.283. The maximum Gasteiger partial charge on any atom is 0.119 e. The summed E-state index contributed by atoms with van der Waals surface area (Å²) in [6, 6.07) is 8.00. The highest BCUT2D eigenvalue weighted by atomic mass is 16.5. The van der Waals surface area contributed by atoms with Crippen LogP contribution < -0.4 is 10.1 Å². The Balaban J connectivity index is 2.12. The average Bonchev–Trinajstić information content (AvgIpc) is 2.28. The van der Waals surface area contributed by atoms with Gasteiger partial charge in [0.15, 0.2) is 0 Å². The van der Waals surface area contributed by atoms with Gasteiger partial charge in [0.1, 0.15) is 12.4 Å². The summed E-state index contributed by atoms with van der Waals surface area (Å²) in [5, 5.41) is 12.8. The molecule has 0 saturated carbocycles. The van der Waals surface area contributed by atoms with Crippen molar-refractivity contribution in [2.45, 2.75) is 26.9 Å². The number of nitrogens with one attached hydrogen (secondary N) is 1. The van der Waals surface area contributed by atoms with Crippen molar-refractivity contribution in [2.24, 2.45) is 5.92 Å². The summed E-state index contributed by atoms with van der Waals surface area (Å²) in [6.07, 6.45) is -0.283. The Morgan fingerprint density at radius 3 is 2.76 bits per heavy atom. The second-order valence-corrected chi connectivity index (χ2v) is 4.68. The minimum Gasteiger partial charge on any atom is -0.492 e. The first-order valence-corrected chi connectivity index (χ1v) is 6.18. The third kappa shape index (κ3) is 5.71. The monoisotopic (exact) mass is 237 g/mol. The molecule has 0 aliphatic carbocycles. The van der Waals surface area contributed by atoms with E-state index in [0.717, 1.165) is 12.3 Å². The second kappa shape index (κ2) is 7.30. The number of aliphatic hydroxyl groups is 1. The van der Waals surface area contributed by atoms with Gasteiger partial charge in [0.25, 0.3) is 0 Å². The summed E-state index contributed by atoms with van der Waals surface area (Å²) in [5.41, 5.74) is 1.20. The quantitative estimate of drug-likeness (QED) is 0.713. The van der Waals surface area contributed by atoms with E-state index in [1.54, 1.807) is 0 Å². The molecule has 1 aromatic carbocycles. The van der Waals surface area contributed by atoms with Crippen molar-refractivity contribution in [2.75, 3.05) is 19.7 Å². The lowest BCUT2D eigenvalue weighted by Gasteiger charge is -2.15. The number of hydrogen-bond acceptors (Lipinski definition) is 3. The van der Waals surface area contributed by atoms with Gasteiger partial charge in [-0.15, -0.1) is 0 Å². The van der Waals surface area contributed by atoms with Crippen molar-refractivity contribution in [3.63, 3.8) is 0 Å². The van der Waals surface area contributed by atoms with Crippen LogP contribution in [-0.4, -0.2) is 30.9 Å². The zero-order valence-electron chi connectivity index (χ0n) is 10.9. The van der Waals surface area contributed by atoms with E-state index in [-0.39, 0.29) is 6.10 Å². The zero-order valence-corrected chi connectivity index (χ0v) is 10.9. The van der Waals surface area contributed by atoms with E-state index < -0.39 is 0 Å². The van der Waals surface area contributed by atoms with Crippen LogP contribution in [0.15, 0.2) is 24.3 Å². The molecule has 3 heteroatoms. The van der Waals surface area contributed by atoms with Crippen LogP contribution in [0.3, 0.4) is 0 Å². The molecule has 2 N–H and O–H groups in total. The van der Waals surface area contributed by atoms with Crippen LogP contribution >= 0.6 is 0 Å². The largest absolute Gasteiger partial charge is 0.492 e. The lowest BCUT2D eigenvalue weighted by molar-refractivity contribution is 0.122. The molecule has 0 aliphatic heterocycles. The molecule has 1 atom stereocenters. The van der Waals surface area contributed by atoms with Crippen molar-refractivity contribution in [3.05, 3.63) is 29.8 Å². The molecule has 0 radical (unpaired) electrons. The molecule has 0 heterocycles. The van der Waals surface area contributed by atoms with Gasteiger partial charge < -0.3 is 15.2 Å². The molecular formula is C14H23NO2. The second-order valence-electron chi connectivity index (χ2n) is 4.68. The van der Waals surface area contributed by atoms with Crippen molar-refractivity contribution >= 4 is 0 Å². The molecule has 0 fully saturated rings. The van der Waals surface area contributed by atoms with E-state index in [2.05, 4.69) is 5.32 Å². The van der Waals surface area contributed by atoms with Gasteiger partial charge in [0, 0.05) is 13.1 Å².